The fourth-order valence-corrected chi connectivity index (χ4v) is 5.44. The summed E-state index contributed by atoms with van der Waals surface area (Å²) in [5, 5.41) is 23.7. The van der Waals surface area contributed by atoms with Crippen molar-refractivity contribution in [3.8, 4) is 11.5 Å². The van der Waals surface area contributed by atoms with Crippen molar-refractivity contribution in [1.82, 2.24) is 10.2 Å². The Morgan fingerprint density at radius 3 is 2.71 bits per heavy atom. The van der Waals surface area contributed by atoms with Crippen LogP contribution >= 0.6 is 0 Å². The van der Waals surface area contributed by atoms with Crippen molar-refractivity contribution >= 4 is 18.1 Å². The second-order valence-electron chi connectivity index (χ2n) is 10.0. The molecule has 2 aromatic rings. The number of unbranched alkanes of at least 4 members (excludes halogenated alkanes) is 2. The number of carbonyl (C=O) groups excluding carboxylic acids is 3. The maximum atomic E-state index is 14.7. The molecule has 2 aromatic carbocycles. The van der Waals surface area contributed by atoms with Crippen LogP contribution in [-0.2, 0) is 16.1 Å². The summed E-state index contributed by atoms with van der Waals surface area (Å²) in [5.74, 6) is -1.59. The number of aldehydes is 1. The van der Waals surface area contributed by atoms with Crippen LogP contribution < -0.4 is 14.8 Å². The van der Waals surface area contributed by atoms with Gasteiger partial charge in [-0.3, -0.25) is 14.4 Å². The van der Waals surface area contributed by atoms with Crippen LogP contribution in [0.5, 0.6) is 11.5 Å². The lowest BCUT2D eigenvalue weighted by Crippen LogP contribution is -2.55. The molecule has 0 spiro atoms. The highest BCUT2D eigenvalue weighted by atomic mass is 19.1. The molecule has 10 heteroatoms. The average Bonchev–Trinajstić information content (AvgIpc) is 3.37. The Kier molecular flexibility index (Phi) is 9.91. The molecule has 0 fully saturated rings. The van der Waals surface area contributed by atoms with Crippen LogP contribution in [0.1, 0.15) is 53.1 Å². The van der Waals surface area contributed by atoms with Gasteiger partial charge >= 0.3 is 0 Å². The second-order valence-corrected chi connectivity index (χ2v) is 10.0. The number of methoxy groups -OCH3 is 1. The van der Waals surface area contributed by atoms with E-state index in [9.17, 15) is 29.0 Å². The van der Waals surface area contributed by atoms with Crippen molar-refractivity contribution in [2.75, 3.05) is 20.3 Å². The molecule has 0 saturated heterocycles. The van der Waals surface area contributed by atoms with Gasteiger partial charge in [0.05, 0.1) is 25.7 Å². The average molecular weight is 567 g/mol. The van der Waals surface area contributed by atoms with Gasteiger partial charge in [-0.1, -0.05) is 24.3 Å². The quantitative estimate of drug-likeness (QED) is 0.193. The molecule has 4 atom stereocenters. The molecular weight excluding hydrogens is 531 g/mol. The molecule has 218 valence electrons. The van der Waals surface area contributed by atoms with Gasteiger partial charge in [-0.2, -0.15) is 0 Å². The van der Waals surface area contributed by atoms with Gasteiger partial charge in [-0.05, 0) is 43.5 Å². The number of aliphatic hydroxyl groups is 2. The molecule has 1 aliphatic heterocycles. The molecule has 3 N–H and O–H groups in total. The fourth-order valence-electron chi connectivity index (χ4n) is 5.44. The molecule has 2 amide bonds. The predicted octanol–water partition coefficient (Wildman–Crippen LogP) is 3.04. The van der Waals surface area contributed by atoms with E-state index in [4.69, 9.17) is 9.47 Å². The molecule has 0 bridgehead atoms. The first-order valence-electron chi connectivity index (χ1n) is 13.6. The minimum absolute atomic E-state index is 0.0205. The van der Waals surface area contributed by atoms with E-state index >= 15 is 0 Å². The highest BCUT2D eigenvalue weighted by Gasteiger charge is 2.51. The summed E-state index contributed by atoms with van der Waals surface area (Å²) in [4.78, 5) is 40.1. The van der Waals surface area contributed by atoms with E-state index in [-0.39, 0.29) is 54.7 Å². The molecule has 0 radical (unpaired) electrons. The molecule has 9 nitrogen and oxygen atoms in total. The lowest BCUT2D eigenvalue weighted by atomic mass is 9.77. The molecule has 4 unspecified atom stereocenters. The van der Waals surface area contributed by atoms with Gasteiger partial charge in [-0.25, -0.2) is 4.39 Å². The minimum atomic E-state index is -1.31. The third-order valence-corrected chi connectivity index (χ3v) is 7.44. The van der Waals surface area contributed by atoms with Gasteiger partial charge in [0.25, 0.3) is 0 Å². The maximum Gasteiger partial charge on any atom is 0.247 e. The van der Waals surface area contributed by atoms with Gasteiger partial charge < -0.3 is 29.9 Å². The smallest absolute Gasteiger partial charge is 0.247 e. The number of hydrogen-bond acceptors (Lipinski definition) is 7. The van der Waals surface area contributed by atoms with Crippen LogP contribution in [0.2, 0.25) is 0 Å². The largest absolute Gasteiger partial charge is 0.493 e. The molecule has 4 rings (SSSR count). The van der Waals surface area contributed by atoms with Crippen LogP contribution in [0.15, 0.2) is 60.7 Å². The lowest BCUT2D eigenvalue weighted by molar-refractivity contribution is -0.138. The normalized spacial score (nSPS) is 20.6. The number of hydrogen-bond donors (Lipinski definition) is 3. The first-order valence-corrected chi connectivity index (χ1v) is 13.6. The number of nitrogens with one attached hydrogen (secondary N) is 1. The van der Waals surface area contributed by atoms with Gasteiger partial charge in [0.15, 0.2) is 11.5 Å². The van der Waals surface area contributed by atoms with Crippen molar-refractivity contribution in [2.45, 2.75) is 56.4 Å². The highest BCUT2D eigenvalue weighted by molar-refractivity contribution is 5.96. The number of ether oxygens (including phenoxy) is 2. The van der Waals surface area contributed by atoms with E-state index in [1.54, 1.807) is 30.3 Å². The number of fused-ring (bicyclic) bond motifs is 3. The van der Waals surface area contributed by atoms with Crippen LogP contribution in [0.4, 0.5) is 4.39 Å². The number of aliphatic hydroxyl groups excluding tert-OH is 2. The van der Waals surface area contributed by atoms with E-state index in [0.717, 1.165) is 12.8 Å². The maximum absolute atomic E-state index is 14.7. The summed E-state index contributed by atoms with van der Waals surface area (Å²) in [6.45, 7) is 3.25. The molecule has 0 saturated carbocycles. The van der Waals surface area contributed by atoms with E-state index in [1.807, 2.05) is 0 Å². The zero-order valence-corrected chi connectivity index (χ0v) is 22.9. The number of benzene rings is 2. The zero-order valence-electron chi connectivity index (χ0n) is 22.9. The predicted molar refractivity (Wildman–Crippen MR) is 149 cm³/mol. The molecule has 1 heterocycles. The third kappa shape index (κ3) is 6.34. The first kappa shape index (κ1) is 30.0. The monoisotopic (exact) mass is 566 g/mol. The van der Waals surface area contributed by atoms with Crippen molar-refractivity contribution in [1.29, 1.82) is 0 Å². The van der Waals surface area contributed by atoms with E-state index < -0.39 is 35.9 Å². The fraction of sp³-hybridized carbons (Fsp3) is 0.387. The summed E-state index contributed by atoms with van der Waals surface area (Å²) in [6.07, 6.45) is 3.80. The lowest BCUT2D eigenvalue weighted by Gasteiger charge is -2.41. The third-order valence-electron chi connectivity index (χ3n) is 7.44. The Morgan fingerprint density at radius 2 is 2.02 bits per heavy atom. The van der Waals surface area contributed by atoms with Crippen LogP contribution in [-0.4, -0.2) is 71.7 Å². The molecular formula is C31H35FN2O7. The first-order chi connectivity index (χ1) is 19.8. The molecule has 0 aromatic heterocycles. The van der Waals surface area contributed by atoms with Crippen molar-refractivity contribution in [3.05, 3.63) is 83.2 Å². The van der Waals surface area contributed by atoms with Gasteiger partial charge in [0, 0.05) is 41.8 Å². The van der Waals surface area contributed by atoms with Gasteiger partial charge in [0.2, 0.25) is 11.8 Å². The van der Waals surface area contributed by atoms with Crippen molar-refractivity contribution in [2.24, 2.45) is 0 Å². The van der Waals surface area contributed by atoms with E-state index in [2.05, 4.69) is 11.9 Å². The summed E-state index contributed by atoms with van der Waals surface area (Å²) in [5.41, 5.74) is 1.23. The Morgan fingerprint density at radius 1 is 1.24 bits per heavy atom. The molecule has 1 aliphatic carbocycles. The SMILES string of the molecule is C=CCCCCC(=O)N(Cc1ccccc1F)C1C=C(C(=O)NCCO)C2c3cc(C=O)cc(OC)c3OC2C1O. The number of carbonyl (C=O) groups is 3. The molecule has 2 aliphatic rings. The Hall–Kier alpha value is -4.02. The highest BCUT2D eigenvalue weighted by Crippen LogP contribution is 2.51. The van der Waals surface area contributed by atoms with Crippen molar-refractivity contribution in [3.63, 3.8) is 0 Å². The van der Waals surface area contributed by atoms with Gasteiger partial charge in [0.1, 0.15) is 24.3 Å². The van der Waals surface area contributed by atoms with Crippen LogP contribution in [0.25, 0.3) is 0 Å². The summed E-state index contributed by atoms with van der Waals surface area (Å²) < 4.78 is 26.4. The number of nitrogens with zero attached hydrogens (tertiary/aromatic N) is 1. The van der Waals surface area contributed by atoms with E-state index in [0.29, 0.717) is 23.8 Å². The molecule has 41 heavy (non-hydrogen) atoms. The zero-order chi connectivity index (χ0) is 29.5. The van der Waals surface area contributed by atoms with Gasteiger partial charge in [-0.15, -0.1) is 6.58 Å². The Balaban J connectivity index is 1.79. The van der Waals surface area contributed by atoms with Crippen LogP contribution in [0.3, 0.4) is 0 Å². The Bertz CT molecular complexity index is 1330. The van der Waals surface area contributed by atoms with Crippen molar-refractivity contribution < 1.29 is 38.5 Å². The summed E-state index contributed by atoms with van der Waals surface area (Å²) in [7, 11) is 1.42. The number of allylic oxidation sites excluding steroid dienone is 1. The van der Waals surface area contributed by atoms with Crippen LogP contribution in [0, 0.1) is 5.82 Å². The topological polar surface area (TPSA) is 125 Å². The number of rotatable bonds is 13. The van der Waals surface area contributed by atoms with E-state index in [1.165, 1.54) is 30.2 Å². The number of halogens is 1. The second kappa shape index (κ2) is 13.6. The summed E-state index contributed by atoms with van der Waals surface area (Å²) in [6, 6.07) is 8.12. The standard InChI is InChI=1S/C31H35FN2O7/c1-3-4-5-6-11-26(37)34(17-20-9-7-8-10-23(20)32)24-16-22(31(39)33-12-13-35)27-21-14-19(18-36)15-25(40-2)29(21)41-30(27)28(24)38/h3,7-10,14-16,18,24,27-28,30,35,38H,1,4-6,11-13,17H2,2H3,(H,33,39). The number of amides is 2. The Labute approximate surface area is 238 Å². The summed E-state index contributed by atoms with van der Waals surface area (Å²) >= 11 is 0. The minimum Gasteiger partial charge on any atom is -0.493 e.